The number of nitrogens with zero attached hydrogens (tertiary/aromatic N) is 2. The molecular formula is C10H11N5O. The zero-order valence-corrected chi connectivity index (χ0v) is 8.47. The molecule has 82 valence electrons. The van der Waals surface area contributed by atoms with Gasteiger partial charge in [0.1, 0.15) is 5.69 Å². The second kappa shape index (κ2) is 4.43. The Bertz CT molecular complexity index is 522. The first-order valence-corrected chi connectivity index (χ1v) is 4.73. The zero-order chi connectivity index (χ0) is 11.4. The number of H-pyrrole nitrogens is 1. The second-order valence-electron chi connectivity index (χ2n) is 3.21. The molecule has 2 aromatic heterocycles. The second-order valence-corrected chi connectivity index (χ2v) is 3.21. The van der Waals surface area contributed by atoms with Gasteiger partial charge in [0.25, 0.3) is 5.56 Å². The van der Waals surface area contributed by atoms with Gasteiger partial charge in [-0.3, -0.25) is 9.78 Å². The highest BCUT2D eigenvalue weighted by Crippen LogP contribution is 2.08. The summed E-state index contributed by atoms with van der Waals surface area (Å²) >= 11 is 0. The number of anilines is 2. The molecule has 0 spiro atoms. The van der Waals surface area contributed by atoms with Crippen LogP contribution in [0.5, 0.6) is 0 Å². The molecule has 0 fully saturated rings. The lowest BCUT2D eigenvalue weighted by atomic mass is 10.3. The van der Waals surface area contributed by atoms with Crippen LogP contribution in [-0.2, 0) is 6.54 Å². The predicted molar refractivity (Wildman–Crippen MR) is 60.8 cm³/mol. The normalized spacial score (nSPS) is 10.0. The summed E-state index contributed by atoms with van der Waals surface area (Å²) in [6, 6.07) is 3.76. The van der Waals surface area contributed by atoms with Gasteiger partial charge < -0.3 is 16.0 Å². The van der Waals surface area contributed by atoms with E-state index >= 15 is 0 Å². The molecule has 2 rings (SSSR count). The molecular weight excluding hydrogens is 206 g/mol. The van der Waals surface area contributed by atoms with Crippen LogP contribution in [0.1, 0.15) is 5.56 Å². The fourth-order valence-electron chi connectivity index (χ4n) is 1.24. The first kappa shape index (κ1) is 10.2. The van der Waals surface area contributed by atoms with Crippen molar-refractivity contribution in [3.05, 3.63) is 46.8 Å². The van der Waals surface area contributed by atoms with Gasteiger partial charge in [0.2, 0.25) is 0 Å². The Morgan fingerprint density at radius 3 is 3.12 bits per heavy atom. The van der Waals surface area contributed by atoms with Crippen molar-refractivity contribution >= 4 is 11.5 Å². The smallest absolute Gasteiger partial charge is 0.276 e. The number of nitrogens with two attached hydrogens (primary N) is 1. The number of rotatable bonds is 3. The minimum absolute atomic E-state index is 0.0893. The number of pyridine rings is 1. The maximum atomic E-state index is 11.2. The number of aromatic nitrogens is 3. The summed E-state index contributed by atoms with van der Waals surface area (Å²) in [7, 11) is 0. The molecule has 4 N–H and O–H groups in total. The summed E-state index contributed by atoms with van der Waals surface area (Å²) in [5, 5.41) is 2.97. The van der Waals surface area contributed by atoms with E-state index in [1.54, 1.807) is 12.4 Å². The number of hydrogen-bond donors (Lipinski definition) is 3. The van der Waals surface area contributed by atoms with Crippen molar-refractivity contribution in [1.29, 1.82) is 0 Å². The third kappa shape index (κ3) is 2.17. The SMILES string of the molecule is Nc1c(NCc2cccnc2)nc[nH]c1=O. The molecule has 0 amide bonds. The Labute approximate surface area is 91.6 Å². The lowest BCUT2D eigenvalue weighted by Gasteiger charge is -2.06. The monoisotopic (exact) mass is 217 g/mol. The van der Waals surface area contributed by atoms with Gasteiger partial charge in [-0.1, -0.05) is 6.07 Å². The van der Waals surface area contributed by atoms with Crippen molar-refractivity contribution in [3.8, 4) is 0 Å². The average Bonchev–Trinajstić information content (AvgIpc) is 2.32. The fourth-order valence-corrected chi connectivity index (χ4v) is 1.24. The summed E-state index contributed by atoms with van der Waals surface area (Å²) in [5.41, 5.74) is 6.30. The maximum absolute atomic E-state index is 11.2. The number of nitrogens with one attached hydrogen (secondary N) is 2. The lowest BCUT2D eigenvalue weighted by molar-refractivity contribution is 1.05. The van der Waals surface area contributed by atoms with Gasteiger partial charge in [-0.05, 0) is 11.6 Å². The van der Waals surface area contributed by atoms with Crippen LogP contribution < -0.4 is 16.6 Å². The van der Waals surface area contributed by atoms with Gasteiger partial charge in [0.15, 0.2) is 5.82 Å². The first-order chi connectivity index (χ1) is 7.77. The highest BCUT2D eigenvalue weighted by atomic mass is 16.1. The molecule has 0 aliphatic carbocycles. The van der Waals surface area contributed by atoms with Gasteiger partial charge in [-0.25, -0.2) is 4.98 Å². The Kier molecular flexibility index (Phi) is 2.81. The molecule has 2 aromatic rings. The standard InChI is InChI=1S/C10H11N5O/c11-8-9(14-6-15-10(8)16)13-5-7-2-1-3-12-4-7/h1-4,6H,5,11H2,(H2,13,14,15,16). The summed E-state index contributed by atoms with van der Waals surface area (Å²) in [6.45, 7) is 0.522. The van der Waals surface area contributed by atoms with Gasteiger partial charge in [-0.2, -0.15) is 0 Å². The topological polar surface area (TPSA) is 96.7 Å². The Morgan fingerprint density at radius 1 is 1.50 bits per heavy atom. The maximum Gasteiger partial charge on any atom is 0.276 e. The van der Waals surface area contributed by atoms with Crippen molar-refractivity contribution in [1.82, 2.24) is 15.0 Å². The van der Waals surface area contributed by atoms with Crippen LogP contribution in [0.2, 0.25) is 0 Å². The molecule has 2 heterocycles. The summed E-state index contributed by atoms with van der Waals surface area (Å²) in [4.78, 5) is 21.5. The van der Waals surface area contributed by atoms with Crippen molar-refractivity contribution < 1.29 is 0 Å². The van der Waals surface area contributed by atoms with Crippen LogP contribution >= 0.6 is 0 Å². The highest BCUT2D eigenvalue weighted by Gasteiger charge is 2.03. The average molecular weight is 217 g/mol. The van der Waals surface area contributed by atoms with E-state index in [9.17, 15) is 4.79 Å². The molecule has 0 unspecified atom stereocenters. The Balaban J connectivity index is 2.11. The molecule has 0 bridgehead atoms. The van der Waals surface area contributed by atoms with Crippen LogP contribution in [0.15, 0.2) is 35.6 Å². The third-order valence-corrected chi connectivity index (χ3v) is 2.07. The van der Waals surface area contributed by atoms with Crippen molar-refractivity contribution in [2.45, 2.75) is 6.54 Å². The molecule has 0 aliphatic rings. The van der Waals surface area contributed by atoms with Gasteiger partial charge >= 0.3 is 0 Å². The molecule has 6 heteroatoms. The number of aromatic amines is 1. The van der Waals surface area contributed by atoms with Crippen molar-refractivity contribution in [3.63, 3.8) is 0 Å². The molecule has 0 aliphatic heterocycles. The van der Waals surface area contributed by atoms with Gasteiger partial charge in [0, 0.05) is 18.9 Å². The first-order valence-electron chi connectivity index (χ1n) is 4.73. The summed E-state index contributed by atoms with van der Waals surface area (Å²) in [5.74, 6) is 0.382. The van der Waals surface area contributed by atoms with E-state index in [-0.39, 0.29) is 11.2 Å². The van der Waals surface area contributed by atoms with Crippen molar-refractivity contribution in [2.24, 2.45) is 0 Å². The molecule has 6 nitrogen and oxygen atoms in total. The van der Waals surface area contributed by atoms with Crippen LogP contribution in [-0.4, -0.2) is 15.0 Å². The van der Waals surface area contributed by atoms with E-state index in [4.69, 9.17) is 5.73 Å². The van der Waals surface area contributed by atoms with Crippen LogP contribution in [0, 0.1) is 0 Å². The van der Waals surface area contributed by atoms with E-state index in [1.165, 1.54) is 6.33 Å². The van der Waals surface area contributed by atoms with Crippen molar-refractivity contribution in [2.75, 3.05) is 11.1 Å². The molecule has 0 saturated heterocycles. The van der Waals surface area contributed by atoms with E-state index in [2.05, 4.69) is 20.3 Å². The van der Waals surface area contributed by atoms with Crippen LogP contribution in [0.25, 0.3) is 0 Å². The molecule has 0 aromatic carbocycles. The highest BCUT2D eigenvalue weighted by molar-refractivity contribution is 5.58. The van der Waals surface area contributed by atoms with E-state index in [1.807, 2.05) is 12.1 Å². The van der Waals surface area contributed by atoms with E-state index in [0.717, 1.165) is 5.56 Å². The minimum Gasteiger partial charge on any atom is -0.391 e. The minimum atomic E-state index is -0.344. The Morgan fingerprint density at radius 2 is 2.38 bits per heavy atom. The fraction of sp³-hybridized carbons (Fsp3) is 0.100. The third-order valence-electron chi connectivity index (χ3n) is 2.07. The molecule has 0 saturated carbocycles. The number of hydrogen-bond acceptors (Lipinski definition) is 5. The molecule has 0 radical (unpaired) electrons. The Hall–Kier alpha value is -2.37. The van der Waals surface area contributed by atoms with Gasteiger partial charge in [-0.15, -0.1) is 0 Å². The van der Waals surface area contributed by atoms with E-state index < -0.39 is 0 Å². The summed E-state index contributed by atoms with van der Waals surface area (Å²) in [6.07, 6.45) is 4.74. The van der Waals surface area contributed by atoms with Crippen LogP contribution in [0.4, 0.5) is 11.5 Å². The number of nitrogen functional groups attached to an aromatic ring is 1. The van der Waals surface area contributed by atoms with E-state index in [0.29, 0.717) is 12.4 Å². The summed E-state index contributed by atoms with van der Waals surface area (Å²) < 4.78 is 0. The van der Waals surface area contributed by atoms with Gasteiger partial charge in [0.05, 0.1) is 6.33 Å². The zero-order valence-electron chi connectivity index (χ0n) is 8.47. The van der Waals surface area contributed by atoms with Crippen LogP contribution in [0.3, 0.4) is 0 Å². The lowest BCUT2D eigenvalue weighted by Crippen LogP contribution is -2.16. The largest absolute Gasteiger partial charge is 0.391 e. The molecule has 16 heavy (non-hydrogen) atoms. The predicted octanol–water partition coefficient (Wildman–Crippen LogP) is 0.359. The molecule has 0 atom stereocenters. The quantitative estimate of drug-likeness (QED) is 0.689.